The van der Waals surface area contributed by atoms with E-state index in [-0.39, 0.29) is 38.6 Å². The first kappa shape index (κ1) is 38.5. The first-order valence-corrected chi connectivity index (χ1v) is 17.5. The zero-order valence-electron chi connectivity index (χ0n) is 30.7. The molecule has 5 rings (SSSR count). The Morgan fingerprint density at radius 2 is 1.42 bits per heavy atom. The lowest BCUT2D eigenvalue weighted by atomic mass is 10.0. The van der Waals surface area contributed by atoms with Gasteiger partial charge in [0.2, 0.25) is 0 Å². The molecule has 0 aliphatic carbocycles. The van der Waals surface area contributed by atoms with Crippen LogP contribution in [0.5, 0.6) is 0 Å². The summed E-state index contributed by atoms with van der Waals surface area (Å²) in [7, 11) is 0. The maximum atomic E-state index is 12.9. The number of fused-ring (bicyclic) bond motifs is 8. The number of hydrogen-bond donors (Lipinski definition) is 3. The first-order valence-electron chi connectivity index (χ1n) is 17.5. The summed E-state index contributed by atoms with van der Waals surface area (Å²) < 4.78 is 16.2. The van der Waals surface area contributed by atoms with Gasteiger partial charge in [-0.1, -0.05) is 30.4 Å². The molecule has 0 saturated carbocycles. The summed E-state index contributed by atoms with van der Waals surface area (Å²) in [6.07, 6.45) is 4.42. The highest BCUT2D eigenvalue weighted by atomic mass is 16.6. The van der Waals surface area contributed by atoms with Gasteiger partial charge < -0.3 is 29.3 Å². The number of nitrogens with zero attached hydrogens (tertiary/aromatic N) is 5. The van der Waals surface area contributed by atoms with Crippen LogP contribution in [0.4, 0.5) is 0 Å². The van der Waals surface area contributed by atoms with Crippen LogP contribution in [-0.2, 0) is 30.2 Å². The number of carboxylic acid groups (broad SMARTS) is 1. The predicted octanol–water partition coefficient (Wildman–Crippen LogP) is 8.31. The van der Waals surface area contributed by atoms with Gasteiger partial charge in [-0.15, -0.1) is 0 Å². The number of aryl methyl sites for hydroxylation is 3. The maximum absolute atomic E-state index is 12.9. The molecule has 0 spiro atoms. The number of aliphatic carboxylic acids is 1. The Balaban J connectivity index is 1.54. The van der Waals surface area contributed by atoms with Crippen molar-refractivity contribution in [2.45, 2.75) is 53.4 Å². The molecule has 53 heavy (non-hydrogen) atoms. The van der Waals surface area contributed by atoms with Crippen molar-refractivity contribution in [2.75, 3.05) is 39.6 Å². The average molecular weight is 720 g/mol. The van der Waals surface area contributed by atoms with Gasteiger partial charge in [-0.25, -0.2) is 9.97 Å². The number of carbonyl (C=O) groups is 2. The summed E-state index contributed by atoms with van der Waals surface area (Å²) in [5, 5.41) is 13.0. The molecule has 276 valence electrons. The minimum atomic E-state index is -0.890. The monoisotopic (exact) mass is 719 g/mol. The largest absolute Gasteiger partial charge is 0.481 e. The number of aromatic nitrogens is 4. The second kappa shape index (κ2) is 17.6. The first-order chi connectivity index (χ1) is 25.6. The number of ether oxygens (including phenoxy) is 3. The minimum Gasteiger partial charge on any atom is -0.481 e. The molecule has 2 aliphatic rings. The molecule has 13 nitrogen and oxygen atoms in total. The van der Waals surface area contributed by atoms with E-state index in [9.17, 15) is 14.7 Å². The van der Waals surface area contributed by atoms with Gasteiger partial charge in [-0.05, 0) is 104 Å². The van der Waals surface area contributed by atoms with Crippen molar-refractivity contribution in [3.8, 4) is 0 Å². The lowest BCUT2D eigenvalue weighted by Crippen LogP contribution is -2.13. The Hall–Kier alpha value is -5.75. The molecule has 0 fully saturated rings. The molecular weight excluding hydrogens is 674 g/mol. The Bertz CT molecular complexity index is 2220. The molecular formula is C40H45N7O6. The zero-order chi connectivity index (χ0) is 38.1. The van der Waals surface area contributed by atoms with E-state index >= 15 is 0 Å². The molecule has 0 saturated heterocycles. The number of carboxylic acids is 1. The average Bonchev–Trinajstić information content (AvgIpc) is 3.79. The van der Waals surface area contributed by atoms with Crippen molar-refractivity contribution >= 4 is 62.4 Å². The molecule has 3 N–H and O–H groups in total. The van der Waals surface area contributed by atoms with E-state index in [2.05, 4.69) is 33.2 Å². The smallest absolute Gasteiger partial charge is 0.306 e. The highest BCUT2D eigenvalue weighted by Crippen LogP contribution is 2.36. The fourth-order valence-corrected chi connectivity index (χ4v) is 6.52. The van der Waals surface area contributed by atoms with E-state index in [0.29, 0.717) is 38.4 Å². The van der Waals surface area contributed by atoms with Crippen LogP contribution < -0.4 is 0 Å². The molecule has 0 unspecified atom stereocenters. The molecule has 3 aromatic rings. The number of nitrogens with one attached hydrogen (secondary N) is 2. The van der Waals surface area contributed by atoms with Crippen molar-refractivity contribution in [3.05, 3.63) is 99.0 Å². The molecule has 0 atom stereocenters. The van der Waals surface area contributed by atoms with Crippen LogP contribution in [0.25, 0.3) is 60.9 Å². The Morgan fingerprint density at radius 1 is 0.792 bits per heavy atom. The van der Waals surface area contributed by atoms with Crippen molar-refractivity contribution in [1.82, 2.24) is 19.9 Å². The molecule has 13 heteroatoms. The van der Waals surface area contributed by atoms with E-state index in [1.807, 2.05) is 64.1 Å². The summed E-state index contributed by atoms with van der Waals surface area (Å²) in [6, 6.07) is 7.95. The van der Waals surface area contributed by atoms with Crippen molar-refractivity contribution in [3.63, 3.8) is 0 Å². The highest BCUT2D eigenvalue weighted by molar-refractivity contribution is 5.98. The van der Waals surface area contributed by atoms with Crippen LogP contribution in [0.15, 0.2) is 48.6 Å². The number of carbonyl (C=O) groups excluding carboxylic acids is 1. The van der Waals surface area contributed by atoms with Crippen LogP contribution in [0.1, 0.15) is 78.1 Å². The van der Waals surface area contributed by atoms with Crippen LogP contribution in [0, 0.1) is 13.8 Å². The van der Waals surface area contributed by atoms with Gasteiger partial charge in [0.1, 0.15) is 6.61 Å². The topological polar surface area (TPSA) is 188 Å². The van der Waals surface area contributed by atoms with Gasteiger partial charge in [0.05, 0.1) is 49.2 Å². The normalized spacial score (nSPS) is 12.5. The van der Waals surface area contributed by atoms with E-state index in [1.54, 1.807) is 0 Å². The van der Waals surface area contributed by atoms with Crippen molar-refractivity contribution in [2.24, 2.45) is 5.11 Å². The van der Waals surface area contributed by atoms with Gasteiger partial charge in [0.15, 0.2) is 0 Å². The van der Waals surface area contributed by atoms with Crippen LogP contribution in [-0.4, -0.2) is 76.6 Å². The van der Waals surface area contributed by atoms with Gasteiger partial charge >= 0.3 is 11.9 Å². The van der Waals surface area contributed by atoms with E-state index < -0.39 is 5.97 Å². The van der Waals surface area contributed by atoms with Crippen LogP contribution in [0.2, 0.25) is 0 Å². The number of rotatable bonds is 17. The molecule has 5 heterocycles. The predicted molar refractivity (Wildman–Crippen MR) is 208 cm³/mol. The number of aromatic amines is 2. The quantitative estimate of drug-likeness (QED) is 0.0408. The van der Waals surface area contributed by atoms with Crippen LogP contribution >= 0.6 is 0 Å². The number of allylic oxidation sites excluding steroid dienone is 5. The maximum Gasteiger partial charge on any atom is 0.306 e. The summed E-state index contributed by atoms with van der Waals surface area (Å²) >= 11 is 0. The Morgan fingerprint density at radius 3 is 2.13 bits per heavy atom. The third-order valence-corrected chi connectivity index (χ3v) is 9.47. The van der Waals surface area contributed by atoms with Gasteiger partial charge in [0, 0.05) is 57.5 Å². The second-order valence-electron chi connectivity index (χ2n) is 12.7. The number of esters is 1. The lowest BCUT2D eigenvalue weighted by molar-refractivity contribution is -0.145. The fraction of sp³-hybridized carbons (Fsp3) is 0.350. The minimum absolute atomic E-state index is 0.0435. The van der Waals surface area contributed by atoms with Crippen molar-refractivity contribution in [1.29, 1.82) is 0 Å². The Kier molecular flexibility index (Phi) is 12.8. The molecule has 2 aliphatic heterocycles. The Labute approximate surface area is 307 Å². The number of azide groups is 1. The number of H-pyrrole nitrogens is 2. The van der Waals surface area contributed by atoms with E-state index in [0.717, 1.165) is 83.7 Å². The molecule has 0 aromatic carbocycles. The summed E-state index contributed by atoms with van der Waals surface area (Å²) in [5.41, 5.74) is 22.0. The lowest BCUT2D eigenvalue weighted by Gasteiger charge is -2.07. The third kappa shape index (κ3) is 9.01. The molecule has 8 bridgehead atoms. The van der Waals surface area contributed by atoms with Gasteiger partial charge in [-0.3, -0.25) is 9.59 Å². The third-order valence-electron chi connectivity index (χ3n) is 9.47. The highest BCUT2D eigenvalue weighted by Gasteiger charge is 2.21. The molecule has 0 amide bonds. The molecule has 3 aromatic heterocycles. The van der Waals surface area contributed by atoms with Crippen molar-refractivity contribution < 1.29 is 28.9 Å². The standard InChI is InChI=1S/C40H45N7O6/c1-7-27-23(3)31-19-32-25(5)29(9-11-39(48)49)37(45-32)22-38-30(10-12-40(50)53-18-17-52-16-15-51-14-13-42-47-41)26(6)34(46-38)21-36-28(8-2)24(4)33(44-36)20-35(27)43-31/h7-8,19-22,43,46H,1-2,9-18H2,3-6H3,(H,48,49). The van der Waals surface area contributed by atoms with E-state index in [1.165, 1.54) is 0 Å². The summed E-state index contributed by atoms with van der Waals surface area (Å²) in [5.74, 6) is -1.25. The SMILES string of the molecule is C=CC1=C(C)c2cc3[nH]c(cc4nc(cc5[nH]c(cc1n2)c(C)c5CCC(=O)OCCOCCOCCN=[N+]=[N-])C(CCC(=O)O)=C4C)c(C)c3C=C. The second-order valence-corrected chi connectivity index (χ2v) is 12.7. The van der Waals surface area contributed by atoms with Gasteiger partial charge in [0.25, 0.3) is 0 Å². The summed E-state index contributed by atoms with van der Waals surface area (Å²) in [6.45, 7) is 17.7. The zero-order valence-corrected chi connectivity index (χ0v) is 30.7. The van der Waals surface area contributed by atoms with Gasteiger partial charge in [-0.2, -0.15) is 0 Å². The fourth-order valence-electron chi connectivity index (χ4n) is 6.52. The molecule has 0 radical (unpaired) electrons. The van der Waals surface area contributed by atoms with E-state index in [4.69, 9.17) is 29.7 Å². The number of hydrogen-bond acceptors (Lipinski definition) is 8. The van der Waals surface area contributed by atoms with Crippen LogP contribution in [0.3, 0.4) is 0 Å². The summed E-state index contributed by atoms with van der Waals surface area (Å²) in [4.78, 5) is 44.4.